The summed E-state index contributed by atoms with van der Waals surface area (Å²) >= 11 is 0. The Kier molecular flexibility index (Phi) is 5.58. The number of carbonyl (C=O) groups excluding carboxylic acids is 1. The summed E-state index contributed by atoms with van der Waals surface area (Å²) in [4.78, 5) is 20.2. The van der Waals surface area contributed by atoms with E-state index in [1.807, 2.05) is 49.4 Å². The quantitative estimate of drug-likeness (QED) is 0.710. The first-order chi connectivity index (χ1) is 12.7. The molecule has 130 valence electrons. The van der Waals surface area contributed by atoms with Crippen molar-refractivity contribution < 1.29 is 4.79 Å². The van der Waals surface area contributed by atoms with Gasteiger partial charge in [-0.15, -0.1) is 0 Å². The van der Waals surface area contributed by atoms with Gasteiger partial charge in [-0.25, -0.2) is 14.8 Å². The zero-order chi connectivity index (χ0) is 18.2. The fourth-order valence-corrected chi connectivity index (χ4v) is 2.29. The van der Waals surface area contributed by atoms with Gasteiger partial charge in [0.2, 0.25) is 0 Å². The number of rotatable bonds is 4. The molecular formula is C19H18N6O. The molecule has 2 heterocycles. The summed E-state index contributed by atoms with van der Waals surface area (Å²) in [5.74, 6) is 6.04. The number of urea groups is 1. The Bertz CT molecular complexity index is 912. The van der Waals surface area contributed by atoms with Crippen LogP contribution in [0, 0.1) is 11.8 Å². The van der Waals surface area contributed by atoms with Crippen molar-refractivity contribution in [3.8, 4) is 11.8 Å². The standard InChI is InChI=1S/C19H18N6O/c1-15(12-25-14-20-13-22-25)23-19(26)24-18-7-4-5-16(11-18)8-9-17-6-2-3-10-21-17/h2-7,10-11,13-15H,12H2,1H3,(H2,23,24,26). The number of hydrogen-bond donors (Lipinski definition) is 2. The van der Waals surface area contributed by atoms with Gasteiger partial charge >= 0.3 is 6.03 Å². The van der Waals surface area contributed by atoms with Crippen LogP contribution in [0.5, 0.6) is 0 Å². The Morgan fingerprint density at radius 3 is 2.92 bits per heavy atom. The number of nitrogens with zero attached hydrogens (tertiary/aromatic N) is 4. The number of hydrogen-bond acceptors (Lipinski definition) is 4. The van der Waals surface area contributed by atoms with Crippen molar-refractivity contribution >= 4 is 11.7 Å². The Morgan fingerprint density at radius 1 is 1.23 bits per heavy atom. The third-order valence-electron chi connectivity index (χ3n) is 3.43. The molecule has 0 aliphatic heterocycles. The minimum Gasteiger partial charge on any atom is -0.334 e. The van der Waals surface area contributed by atoms with Crippen molar-refractivity contribution in [2.75, 3.05) is 5.32 Å². The molecule has 26 heavy (non-hydrogen) atoms. The first-order valence-corrected chi connectivity index (χ1v) is 8.12. The van der Waals surface area contributed by atoms with Gasteiger partial charge in [-0.1, -0.05) is 18.1 Å². The highest BCUT2D eigenvalue weighted by atomic mass is 16.2. The van der Waals surface area contributed by atoms with E-state index in [9.17, 15) is 4.79 Å². The van der Waals surface area contributed by atoms with Crippen LogP contribution in [0.2, 0.25) is 0 Å². The van der Waals surface area contributed by atoms with Crippen molar-refractivity contribution in [3.05, 3.63) is 72.6 Å². The lowest BCUT2D eigenvalue weighted by Gasteiger charge is -2.14. The number of benzene rings is 1. The van der Waals surface area contributed by atoms with Gasteiger partial charge in [0.15, 0.2) is 0 Å². The molecule has 0 radical (unpaired) electrons. The highest BCUT2D eigenvalue weighted by molar-refractivity contribution is 5.89. The molecule has 0 aliphatic carbocycles. The molecule has 0 saturated carbocycles. The molecule has 7 heteroatoms. The van der Waals surface area contributed by atoms with Crippen molar-refractivity contribution in [2.24, 2.45) is 0 Å². The third-order valence-corrected chi connectivity index (χ3v) is 3.43. The van der Waals surface area contributed by atoms with Crippen LogP contribution in [0.4, 0.5) is 10.5 Å². The second kappa shape index (κ2) is 8.44. The molecule has 1 atom stereocenters. The normalized spacial score (nSPS) is 11.1. The molecule has 0 bridgehead atoms. The molecule has 0 saturated heterocycles. The van der Waals surface area contributed by atoms with Crippen LogP contribution in [0.3, 0.4) is 0 Å². The van der Waals surface area contributed by atoms with Gasteiger partial charge in [-0.2, -0.15) is 5.10 Å². The maximum atomic E-state index is 12.1. The summed E-state index contributed by atoms with van der Waals surface area (Å²) in [6, 6.07) is 12.6. The molecule has 2 N–H and O–H groups in total. The van der Waals surface area contributed by atoms with Gasteiger partial charge in [-0.05, 0) is 43.2 Å². The van der Waals surface area contributed by atoms with Gasteiger partial charge in [0.25, 0.3) is 0 Å². The minimum atomic E-state index is -0.285. The molecule has 0 fully saturated rings. The smallest absolute Gasteiger partial charge is 0.319 e. The van der Waals surface area contributed by atoms with Crippen LogP contribution in [0.1, 0.15) is 18.2 Å². The highest BCUT2D eigenvalue weighted by Gasteiger charge is 2.08. The lowest BCUT2D eigenvalue weighted by atomic mass is 10.2. The topological polar surface area (TPSA) is 84.7 Å². The van der Waals surface area contributed by atoms with Crippen molar-refractivity contribution in [3.63, 3.8) is 0 Å². The Morgan fingerprint density at radius 2 is 2.15 bits per heavy atom. The number of nitrogens with one attached hydrogen (secondary N) is 2. The van der Waals surface area contributed by atoms with E-state index in [0.29, 0.717) is 17.9 Å². The second-order valence-corrected chi connectivity index (χ2v) is 5.66. The van der Waals surface area contributed by atoms with Gasteiger partial charge in [0, 0.05) is 23.5 Å². The molecule has 0 spiro atoms. The fraction of sp³-hybridized carbons (Fsp3) is 0.158. The van der Waals surface area contributed by atoms with E-state index in [2.05, 4.69) is 37.5 Å². The molecule has 2 amide bonds. The van der Waals surface area contributed by atoms with Crippen LogP contribution < -0.4 is 10.6 Å². The van der Waals surface area contributed by atoms with Gasteiger partial charge < -0.3 is 10.6 Å². The summed E-state index contributed by atoms with van der Waals surface area (Å²) in [6.07, 6.45) is 4.77. The Labute approximate surface area is 151 Å². The molecule has 3 aromatic rings. The van der Waals surface area contributed by atoms with Gasteiger partial charge in [0.1, 0.15) is 18.3 Å². The summed E-state index contributed by atoms with van der Waals surface area (Å²) in [6.45, 7) is 2.44. The lowest BCUT2D eigenvalue weighted by Crippen LogP contribution is -2.38. The minimum absolute atomic E-state index is 0.0937. The molecule has 3 rings (SSSR count). The SMILES string of the molecule is CC(Cn1cncn1)NC(=O)Nc1cccc(C#Cc2ccccn2)c1. The zero-order valence-electron chi connectivity index (χ0n) is 14.3. The molecule has 1 aromatic carbocycles. The van der Waals surface area contributed by atoms with E-state index in [1.165, 1.54) is 6.33 Å². The second-order valence-electron chi connectivity index (χ2n) is 5.66. The third kappa shape index (κ3) is 5.18. The van der Waals surface area contributed by atoms with Crippen molar-refractivity contribution in [1.29, 1.82) is 0 Å². The van der Waals surface area contributed by atoms with Crippen LogP contribution in [-0.2, 0) is 6.54 Å². The van der Waals surface area contributed by atoms with E-state index in [0.717, 1.165) is 5.56 Å². The van der Waals surface area contributed by atoms with Crippen molar-refractivity contribution in [1.82, 2.24) is 25.1 Å². The van der Waals surface area contributed by atoms with Crippen LogP contribution in [0.25, 0.3) is 0 Å². The van der Waals surface area contributed by atoms with Crippen LogP contribution in [-0.4, -0.2) is 31.8 Å². The zero-order valence-corrected chi connectivity index (χ0v) is 14.3. The van der Waals surface area contributed by atoms with E-state index in [1.54, 1.807) is 17.2 Å². The number of carbonyl (C=O) groups is 1. The molecular weight excluding hydrogens is 328 g/mol. The average molecular weight is 346 g/mol. The predicted octanol–water partition coefficient (Wildman–Crippen LogP) is 2.28. The molecule has 0 aliphatic rings. The molecule has 2 aromatic heterocycles. The van der Waals surface area contributed by atoms with Crippen LogP contribution >= 0.6 is 0 Å². The van der Waals surface area contributed by atoms with Gasteiger partial charge in [0.05, 0.1) is 6.54 Å². The first kappa shape index (κ1) is 17.2. The largest absolute Gasteiger partial charge is 0.334 e. The van der Waals surface area contributed by atoms with E-state index in [4.69, 9.17) is 0 Å². The van der Waals surface area contributed by atoms with Crippen LogP contribution in [0.15, 0.2) is 61.3 Å². The van der Waals surface area contributed by atoms with E-state index >= 15 is 0 Å². The number of anilines is 1. The lowest BCUT2D eigenvalue weighted by molar-refractivity contribution is 0.247. The Balaban J connectivity index is 1.58. The average Bonchev–Trinajstić information content (AvgIpc) is 3.14. The summed E-state index contributed by atoms with van der Waals surface area (Å²) in [7, 11) is 0. The van der Waals surface area contributed by atoms with E-state index in [-0.39, 0.29) is 12.1 Å². The molecule has 7 nitrogen and oxygen atoms in total. The summed E-state index contributed by atoms with van der Waals surface area (Å²) in [5.41, 5.74) is 2.16. The summed E-state index contributed by atoms with van der Waals surface area (Å²) < 4.78 is 1.67. The fourth-order valence-electron chi connectivity index (χ4n) is 2.29. The number of amides is 2. The van der Waals surface area contributed by atoms with Crippen molar-refractivity contribution in [2.45, 2.75) is 19.5 Å². The maximum Gasteiger partial charge on any atom is 0.319 e. The number of aromatic nitrogens is 4. The van der Waals surface area contributed by atoms with Gasteiger partial charge in [-0.3, -0.25) is 4.68 Å². The predicted molar refractivity (Wildman–Crippen MR) is 98.3 cm³/mol. The maximum absolute atomic E-state index is 12.1. The molecule has 1 unspecified atom stereocenters. The summed E-state index contributed by atoms with van der Waals surface area (Å²) in [5, 5.41) is 9.69. The Hall–Kier alpha value is -3.66. The van der Waals surface area contributed by atoms with E-state index < -0.39 is 0 Å². The highest BCUT2D eigenvalue weighted by Crippen LogP contribution is 2.10. The number of pyridine rings is 1. The monoisotopic (exact) mass is 346 g/mol. The first-order valence-electron chi connectivity index (χ1n) is 8.12.